The lowest BCUT2D eigenvalue weighted by Gasteiger charge is -2.12. The number of rotatable bonds is 5. The van der Waals surface area contributed by atoms with Crippen molar-refractivity contribution in [1.82, 2.24) is 0 Å². The summed E-state index contributed by atoms with van der Waals surface area (Å²) in [5.74, 6) is 0.0203. The molecule has 0 aliphatic heterocycles. The third-order valence-electron chi connectivity index (χ3n) is 2.88. The number of anilines is 1. The number of ether oxygens (including phenoxy) is 2. The largest absolute Gasteiger partial charge is 0.496 e. The van der Waals surface area contributed by atoms with Crippen molar-refractivity contribution in [3.63, 3.8) is 0 Å². The van der Waals surface area contributed by atoms with Gasteiger partial charge in [-0.05, 0) is 36.4 Å². The minimum atomic E-state index is -1.04. The Hall–Kier alpha value is -2.40. The molecule has 3 N–H and O–H groups in total. The quantitative estimate of drug-likeness (QED) is 0.829. The molecule has 0 unspecified atom stereocenters. The zero-order valence-electron chi connectivity index (χ0n) is 11.3. The fourth-order valence-electron chi connectivity index (χ4n) is 1.83. The molecule has 2 aromatic carbocycles. The van der Waals surface area contributed by atoms with E-state index in [9.17, 15) is 4.79 Å². The highest BCUT2D eigenvalue weighted by molar-refractivity contribution is 6.30. The van der Waals surface area contributed by atoms with Gasteiger partial charge in [-0.2, -0.15) is 0 Å². The average molecular weight is 308 g/mol. The van der Waals surface area contributed by atoms with Gasteiger partial charge in [-0.15, -0.1) is 0 Å². The highest BCUT2D eigenvalue weighted by atomic mass is 35.5. The first kappa shape index (κ1) is 15.0. The van der Waals surface area contributed by atoms with E-state index in [1.807, 2.05) is 0 Å². The van der Waals surface area contributed by atoms with E-state index in [1.165, 1.54) is 18.2 Å². The van der Waals surface area contributed by atoms with Gasteiger partial charge in [0.25, 0.3) is 0 Å². The molecule has 0 bridgehead atoms. The van der Waals surface area contributed by atoms with Gasteiger partial charge in [0.05, 0.1) is 18.4 Å². The van der Waals surface area contributed by atoms with Crippen LogP contribution in [0.5, 0.6) is 11.5 Å². The molecule has 0 saturated carbocycles. The van der Waals surface area contributed by atoms with Gasteiger partial charge in [0.15, 0.2) is 0 Å². The lowest BCUT2D eigenvalue weighted by molar-refractivity contribution is 0.0697. The van der Waals surface area contributed by atoms with E-state index in [2.05, 4.69) is 0 Å². The van der Waals surface area contributed by atoms with Crippen LogP contribution in [0.15, 0.2) is 36.4 Å². The van der Waals surface area contributed by atoms with Crippen LogP contribution in [-0.4, -0.2) is 18.2 Å². The zero-order valence-corrected chi connectivity index (χ0v) is 12.1. The van der Waals surface area contributed by atoms with Gasteiger partial charge in [-0.3, -0.25) is 0 Å². The average Bonchev–Trinajstić information content (AvgIpc) is 2.46. The minimum Gasteiger partial charge on any atom is -0.496 e. The molecule has 5 nitrogen and oxygen atoms in total. The third kappa shape index (κ3) is 3.58. The van der Waals surface area contributed by atoms with Crippen molar-refractivity contribution in [1.29, 1.82) is 0 Å². The predicted molar refractivity (Wildman–Crippen MR) is 80.1 cm³/mol. The van der Waals surface area contributed by atoms with E-state index >= 15 is 0 Å². The van der Waals surface area contributed by atoms with Crippen molar-refractivity contribution in [2.45, 2.75) is 6.61 Å². The highest BCUT2D eigenvalue weighted by Crippen LogP contribution is 2.27. The molecule has 2 aromatic rings. The number of halogens is 1. The molecule has 6 heteroatoms. The second-order valence-corrected chi connectivity index (χ2v) is 4.74. The molecule has 0 aliphatic rings. The maximum Gasteiger partial charge on any atom is 0.335 e. The van der Waals surface area contributed by atoms with Crippen molar-refractivity contribution in [3.05, 3.63) is 52.5 Å². The van der Waals surface area contributed by atoms with Crippen molar-refractivity contribution in [2.75, 3.05) is 12.8 Å². The van der Waals surface area contributed by atoms with Crippen molar-refractivity contribution < 1.29 is 19.4 Å². The summed E-state index contributed by atoms with van der Waals surface area (Å²) in [5, 5.41) is 9.45. The topological polar surface area (TPSA) is 81.8 Å². The maximum absolute atomic E-state index is 10.8. The number of aromatic carboxylic acids is 1. The van der Waals surface area contributed by atoms with Gasteiger partial charge in [-0.25, -0.2) is 4.79 Å². The minimum absolute atomic E-state index is 0.111. The number of methoxy groups -OCH3 is 1. The Morgan fingerprint density at radius 3 is 2.57 bits per heavy atom. The number of nitrogens with two attached hydrogens (primary N) is 1. The molecular weight excluding hydrogens is 294 g/mol. The summed E-state index contributed by atoms with van der Waals surface area (Å²) in [7, 11) is 1.56. The monoisotopic (exact) mass is 307 g/mol. The van der Waals surface area contributed by atoms with Crippen molar-refractivity contribution in [2.24, 2.45) is 0 Å². The molecule has 0 aliphatic carbocycles. The number of carbonyl (C=O) groups is 1. The van der Waals surface area contributed by atoms with Crippen molar-refractivity contribution >= 4 is 23.3 Å². The Kier molecular flexibility index (Phi) is 4.55. The normalized spacial score (nSPS) is 10.2. The Morgan fingerprint density at radius 2 is 1.95 bits per heavy atom. The lowest BCUT2D eigenvalue weighted by atomic mass is 10.2. The smallest absolute Gasteiger partial charge is 0.335 e. The van der Waals surface area contributed by atoms with Crippen LogP contribution < -0.4 is 15.2 Å². The molecule has 0 fully saturated rings. The van der Waals surface area contributed by atoms with Crippen LogP contribution in [0.2, 0.25) is 5.02 Å². The molecule has 0 heterocycles. The van der Waals surface area contributed by atoms with Crippen LogP contribution >= 0.6 is 11.6 Å². The molecule has 0 radical (unpaired) electrons. The summed E-state index contributed by atoms with van der Waals surface area (Å²) in [4.78, 5) is 10.8. The second kappa shape index (κ2) is 6.37. The van der Waals surface area contributed by atoms with Crippen LogP contribution in [0.25, 0.3) is 0 Å². The Morgan fingerprint density at radius 1 is 1.24 bits per heavy atom. The molecule has 0 amide bonds. The lowest BCUT2D eigenvalue weighted by Crippen LogP contribution is -2.03. The van der Waals surface area contributed by atoms with Gasteiger partial charge in [0, 0.05) is 10.6 Å². The van der Waals surface area contributed by atoms with Gasteiger partial charge < -0.3 is 20.3 Å². The van der Waals surface area contributed by atoms with Crippen LogP contribution in [0.3, 0.4) is 0 Å². The van der Waals surface area contributed by atoms with Crippen LogP contribution in [0.4, 0.5) is 5.69 Å². The first-order valence-corrected chi connectivity index (χ1v) is 6.47. The second-order valence-electron chi connectivity index (χ2n) is 4.30. The fraction of sp³-hybridized carbons (Fsp3) is 0.133. The summed E-state index contributed by atoms with van der Waals surface area (Å²) in [6.07, 6.45) is 0. The molecule has 2 rings (SSSR count). The van der Waals surface area contributed by atoms with Gasteiger partial charge in [0.2, 0.25) is 0 Å². The molecular formula is C15H14ClNO4. The van der Waals surface area contributed by atoms with Crippen LogP contribution in [0.1, 0.15) is 15.9 Å². The summed E-state index contributed by atoms with van der Waals surface area (Å²) in [6.45, 7) is 0.209. The summed E-state index contributed by atoms with van der Waals surface area (Å²) in [5.41, 5.74) is 6.92. The Bertz CT molecular complexity index is 673. The van der Waals surface area contributed by atoms with E-state index in [4.69, 9.17) is 31.9 Å². The van der Waals surface area contributed by atoms with E-state index in [0.29, 0.717) is 16.5 Å². The predicted octanol–water partition coefficient (Wildman–Crippen LogP) is 3.21. The van der Waals surface area contributed by atoms with Crippen LogP contribution in [0, 0.1) is 0 Å². The number of nitrogen functional groups attached to an aromatic ring is 1. The van der Waals surface area contributed by atoms with E-state index < -0.39 is 5.97 Å². The number of hydrogen-bond acceptors (Lipinski definition) is 4. The van der Waals surface area contributed by atoms with Crippen molar-refractivity contribution in [3.8, 4) is 11.5 Å². The third-order valence-corrected chi connectivity index (χ3v) is 3.12. The number of benzene rings is 2. The van der Waals surface area contributed by atoms with Gasteiger partial charge >= 0.3 is 5.97 Å². The number of carboxylic acids is 1. The van der Waals surface area contributed by atoms with Gasteiger partial charge in [0.1, 0.15) is 18.1 Å². The molecule has 110 valence electrons. The summed E-state index contributed by atoms with van der Waals surface area (Å²) in [6, 6.07) is 9.52. The number of hydrogen-bond donors (Lipinski definition) is 2. The Labute approximate surface area is 126 Å². The van der Waals surface area contributed by atoms with Gasteiger partial charge in [-0.1, -0.05) is 11.6 Å². The standard InChI is InChI=1S/C15H14ClNO4/c1-20-13-5-3-11(16)6-10(13)8-21-14-4-2-9(15(18)19)7-12(14)17/h2-7H,8,17H2,1H3,(H,18,19). The zero-order chi connectivity index (χ0) is 15.4. The highest BCUT2D eigenvalue weighted by Gasteiger charge is 2.09. The van der Waals surface area contributed by atoms with E-state index in [0.717, 1.165) is 5.56 Å². The Balaban J connectivity index is 2.17. The SMILES string of the molecule is COc1ccc(Cl)cc1COc1ccc(C(=O)O)cc1N. The summed E-state index contributed by atoms with van der Waals surface area (Å²) < 4.78 is 10.8. The maximum atomic E-state index is 10.8. The molecule has 0 aromatic heterocycles. The first-order chi connectivity index (χ1) is 10.0. The van der Waals surface area contributed by atoms with E-state index in [-0.39, 0.29) is 17.9 Å². The molecule has 0 saturated heterocycles. The first-order valence-electron chi connectivity index (χ1n) is 6.09. The molecule has 0 atom stereocenters. The fourth-order valence-corrected chi connectivity index (χ4v) is 2.02. The number of carboxylic acid groups (broad SMARTS) is 1. The van der Waals surface area contributed by atoms with E-state index in [1.54, 1.807) is 25.3 Å². The molecule has 21 heavy (non-hydrogen) atoms. The van der Waals surface area contributed by atoms with Crippen LogP contribution in [-0.2, 0) is 6.61 Å². The molecule has 0 spiro atoms. The summed E-state index contributed by atoms with van der Waals surface area (Å²) >= 11 is 5.94.